The molecule has 0 radical (unpaired) electrons. The first kappa shape index (κ1) is 23.4. The number of methoxy groups -OCH3 is 1. The zero-order chi connectivity index (χ0) is 19.6. The summed E-state index contributed by atoms with van der Waals surface area (Å²) in [5, 5.41) is 3.17. The zero-order valence-corrected chi connectivity index (χ0v) is 19.3. The number of ether oxygens (including phenoxy) is 2. The number of morpholine rings is 1. The number of hydrogen-bond acceptors (Lipinski definition) is 4. The van der Waals surface area contributed by atoms with Crippen LogP contribution in [0, 0.1) is 0 Å². The van der Waals surface area contributed by atoms with E-state index in [1.165, 1.54) is 11.1 Å². The molecule has 3 N–H and O–H groups in total. The van der Waals surface area contributed by atoms with Gasteiger partial charge in [0.05, 0.1) is 26.9 Å². The molecule has 0 saturated carbocycles. The van der Waals surface area contributed by atoms with E-state index in [1.54, 1.807) is 7.11 Å². The number of guanidine groups is 1. The first-order valence-electron chi connectivity index (χ1n) is 9.77. The third kappa shape index (κ3) is 8.20. The van der Waals surface area contributed by atoms with Crippen molar-refractivity contribution in [2.45, 2.75) is 19.5 Å². The average Bonchev–Trinajstić information content (AvgIpc) is 2.74. The fourth-order valence-corrected chi connectivity index (χ4v) is 3.13. The van der Waals surface area contributed by atoms with Gasteiger partial charge in [0.1, 0.15) is 5.75 Å². The molecule has 2 aromatic rings. The molecule has 1 saturated heterocycles. The molecule has 0 amide bonds. The quantitative estimate of drug-likeness (QED) is 0.325. The maximum absolute atomic E-state index is 5.99. The van der Waals surface area contributed by atoms with Crippen molar-refractivity contribution in [3.8, 4) is 5.75 Å². The van der Waals surface area contributed by atoms with Crippen LogP contribution < -0.4 is 15.8 Å². The molecule has 1 aliphatic rings. The maximum Gasteiger partial charge on any atom is 0.188 e. The standard InChI is InChI=1S/C22H30N4O2.HI/c1-27-21-8-6-18(7-9-21)10-11-24-22(23)25-16-19-2-4-20(5-3-19)17-26-12-14-28-15-13-26;/h2-9H,10-17H2,1H3,(H3,23,24,25);1H. The molecule has 29 heavy (non-hydrogen) atoms. The van der Waals surface area contributed by atoms with Crippen molar-refractivity contribution in [3.05, 3.63) is 65.2 Å². The summed E-state index contributed by atoms with van der Waals surface area (Å²) in [5.74, 6) is 1.35. The first-order valence-corrected chi connectivity index (χ1v) is 9.77. The Kier molecular flexibility index (Phi) is 10.2. The molecule has 0 aromatic heterocycles. The summed E-state index contributed by atoms with van der Waals surface area (Å²) in [6.07, 6.45) is 0.885. The number of halogens is 1. The minimum absolute atomic E-state index is 0. The Morgan fingerprint density at radius 1 is 1.03 bits per heavy atom. The highest BCUT2D eigenvalue weighted by Crippen LogP contribution is 2.12. The number of nitrogens with two attached hydrogens (primary N) is 1. The molecule has 158 valence electrons. The lowest BCUT2D eigenvalue weighted by atomic mass is 10.1. The number of rotatable bonds is 8. The van der Waals surface area contributed by atoms with Gasteiger partial charge in [-0.25, -0.2) is 4.99 Å². The molecular formula is C22H31IN4O2. The molecule has 6 nitrogen and oxygen atoms in total. The molecule has 0 unspecified atom stereocenters. The molecule has 2 aromatic carbocycles. The van der Waals surface area contributed by atoms with Gasteiger partial charge in [-0.2, -0.15) is 0 Å². The molecule has 0 spiro atoms. The van der Waals surface area contributed by atoms with E-state index in [9.17, 15) is 0 Å². The molecule has 7 heteroatoms. The second kappa shape index (κ2) is 12.7. The van der Waals surface area contributed by atoms with Crippen LogP contribution >= 0.6 is 24.0 Å². The lowest BCUT2D eigenvalue weighted by Gasteiger charge is -2.26. The molecule has 0 bridgehead atoms. The van der Waals surface area contributed by atoms with Gasteiger partial charge in [-0.3, -0.25) is 4.90 Å². The Balaban J connectivity index is 0.00000300. The van der Waals surface area contributed by atoms with Crippen LogP contribution in [-0.4, -0.2) is 50.8 Å². The summed E-state index contributed by atoms with van der Waals surface area (Å²) in [5.41, 5.74) is 9.70. The van der Waals surface area contributed by atoms with Crippen molar-refractivity contribution in [2.24, 2.45) is 10.7 Å². The number of benzene rings is 2. The predicted octanol–water partition coefficient (Wildman–Crippen LogP) is 2.79. The number of nitrogens with zero attached hydrogens (tertiary/aromatic N) is 2. The largest absolute Gasteiger partial charge is 0.497 e. The van der Waals surface area contributed by atoms with Gasteiger partial charge in [0.15, 0.2) is 5.96 Å². The summed E-state index contributed by atoms with van der Waals surface area (Å²) in [6, 6.07) is 16.7. The van der Waals surface area contributed by atoms with Gasteiger partial charge in [-0.15, -0.1) is 24.0 Å². The summed E-state index contributed by atoms with van der Waals surface area (Å²) in [6.45, 7) is 5.98. The van der Waals surface area contributed by atoms with Gasteiger partial charge < -0.3 is 20.5 Å². The first-order chi connectivity index (χ1) is 13.7. The van der Waals surface area contributed by atoms with E-state index in [0.717, 1.165) is 57.1 Å². The summed E-state index contributed by atoms with van der Waals surface area (Å²) < 4.78 is 10.6. The zero-order valence-electron chi connectivity index (χ0n) is 17.0. The van der Waals surface area contributed by atoms with Crippen LogP contribution in [0.25, 0.3) is 0 Å². The van der Waals surface area contributed by atoms with Crippen LogP contribution in [0.15, 0.2) is 53.5 Å². The SMILES string of the molecule is COc1ccc(CCNC(N)=NCc2ccc(CN3CCOCC3)cc2)cc1.I. The van der Waals surface area contributed by atoms with E-state index in [1.807, 2.05) is 12.1 Å². The van der Waals surface area contributed by atoms with Gasteiger partial charge in [0.2, 0.25) is 0 Å². The van der Waals surface area contributed by atoms with Crippen LogP contribution in [0.3, 0.4) is 0 Å². The Morgan fingerprint density at radius 3 is 2.31 bits per heavy atom. The Hall–Kier alpha value is -1.84. The van der Waals surface area contributed by atoms with Gasteiger partial charge in [0.25, 0.3) is 0 Å². The minimum atomic E-state index is 0. The van der Waals surface area contributed by atoms with E-state index >= 15 is 0 Å². The minimum Gasteiger partial charge on any atom is -0.497 e. The highest BCUT2D eigenvalue weighted by Gasteiger charge is 2.10. The molecule has 3 rings (SSSR count). The molecule has 0 atom stereocenters. The lowest BCUT2D eigenvalue weighted by molar-refractivity contribution is 0.0342. The molecule has 1 heterocycles. The summed E-state index contributed by atoms with van der Waals surface area (Å²) in [4.78, 5) is 6.85. The van der Waals surface area contributed by atoms with E-state index in [0.29, 0.717) is 12.5 Å². The van der Waals surface area contributed by atoms with Crippen LogP contribution in [0.2, 0.25) is 0 Å². The van der Waals surface area contributed by atoms with Gasteiger partial charge in [-0.1, -0.05) is 36.4 Å². The van der Waals surface area contributed by atoms with Crippen LogP contribution in [0.5, 0.6) is 5.75 Å². The maximum atomic E-state index is 5.99. The Morgan fingerprint density at radius 2 is 1.66 bits per heavy atom. The smallest absolute Gasteiger partial charge is 0.188 e. The van der Waals surface area contributed by atoms with Gasteiger partial charge in [-0.05, 0) is 35.2 Å². The van der Waals surface area contributed by atoms with Crippen molar-refractivity contribution in [1.82, 2.24) is 10.2 Å². The fourth-order valence-electron chi connectivity index (χ4n) is 3.13. The van der Waals surface area contributed by atoms with Crippen molar-refractivity contribution >= 4 is 29.9 Å². The number of aliphatic imine (C=N–C) groups is 1. The number of hydrogen-bond donors (Lipinski definition) is 2. The topological polar surface area (TPSA) is 72.1 Å². The number of nitrogens with one attached hydrogen (secondary N) is 1. The van der Waals surface area contributed by atoms with E-state index in [2.05, 4.69) is 51.6 Å². The van der Waals surface area contributed by atoms with Crippen LogP contribution in [0.4, 0.5) is 0 Å². The Bertz CT molecular complexity index is 744. The lowest BCUT2D eigenvalue weighted by Crippen LogP contribution is -2.35. The molecule has 1 fully saturated rings. The van der Waals surface area contributed by atoms with Crippen LogP contribution in [-0.2, 0) is 24.2 Å². The molecular weight excluding hydrogens is 479 g/mol. The second-order valence-corrected chi connectivity index (χ2v) is 6.93. The monoisotopic (exact) mass is 510 g/mol. The highest BCUT2D eigenvalue weighted by molar-refractivity contribution is 14.0. The van der Waals surface area contributed by atoms with Gasteiger partial charge in [0, 0.05) is 26.2 Å². The predicted molar refractivity (Wildman–Crippen MR) is 128 cm³/mol. The Labute approximate surface area is 190 Å². The van der Waals surface area contributed by atoms with E-state index in [-0.39, 0.29) is 24.0 Å². The molecule has 1 aliphatic heterocycles. The summed E-state index contributed by atoms with van der Waals surface area (Å²) in [7, 11) is 1.67. The van der Waals surface area contributed by atoms with Crippen molar-refractivity contribution < 1.29 is 9.47 Å². The van der Waals surface area contributed by atoms with Crippen molar-refractivity contribution in [1.29, 1.82) is 0 Å². The third-order valence-corrected chi connectivity index (χ3v) is 4.84. The normalized spacial score (nSPS) is 14.9. The van der Waals surface area contributed by atoms with Crippen LogP contribution in [0.1, 0.15) is 16.7 Å². The van der Waals surface area contributed by atoms with Gasteiger partial charge >= 0.3 is 0 Å². The molecule has 0 aliphatic carbocycles. The van der Waals surface area contributed by atoms with E-state index < -0.39 is 0 Å². The summed E-state index contributed by atoms with van der Waals surface area (Å²) >= 11 is 0. The fraction of sp³-hybridized carbons (Fsp3) is 0.409. The van der Waals surface area contributed by atoms with Crippen molar-refractivity contribution in [2.75, 3.05) is 40.0 Å². The third-order valence-electron chi connectivity index (χ3n) is 4.84. The highest BCUT2D eigenvalue weighted by atomic mass is 127. The van der Waals surface area contributed by atoms with E-state index in [4.69, 9.17) is 15.2 Å². The second-order valence-electron chi connectivity index (χ2n) is 6.93. The van der Waals surface area contributed by atoms with Crippen molar-refractivity contribution in [3.63, 3.8) is 0 Å². The average molecular weight is 510 g/mol.